The molecule has 0 unspecified atom stereocenters. The number of benzene rings is 2. The van der Waals surface area contributed by atoms with Gasteiger partial charge in [0.05, 0.1) is 15.1 Å². The van der Waals surface area contributed by atoms with Gasteiger partial charge in [-0.1, -0.05) is 35.6 Å². The molecule has 0 bridgehead atoms. The molecule has 0 aliphatic rings. The first-order valence-electron chi connectivity index (χ1n) is 6.67. The second-order valence-electron chi connectivity index (χ2n) is 4.59. The number of nitrogens with zero attached hydrogens (tertiary/aromatic N) is 2. The first-order chi connectivity index (χ1) is 10.5. The summed E-state index contributed by atoms with van der Waals surface area (Å²) in [6, 6.07) is 14.1. The van der Waals surface area contributed by atoms with Gasteiger partial charge in [0.15, 0.2) is 0 Å². The van der Waals surface area contributed by atoms with Crippen LogP contribution in [0.25, 0.3) is 10.2 Å². The molecule has 0 saturated carbocycles. The number of aromatic nitrogens is 1. The molecule has 0 amide bonds. The fourth-order valence-corrected chi connectivity index (χ4v) is 5.25. The van der Waals surface area contributed by atoms with Crippen molar-refractivity contribution in [1.82, 2.24) is 4.57 Å². The minimum atomic E-state index is -3.71. The standard InChI is InChI=1S/C15H13BrN2O2S2/c1-2-18-14-12(16)9-6-10-13(14)21-15(18)17-22(19,20)11-7-4-3-5-8-11/h3-10H,2H2,1H3. The molecule has 1 aromatic heterocycles. The van der Waals surface area contributed by atoms with Crippen molar-refractivity contribution in [2.75, 3.05) is 0 Å². The van der Waals surface area contributed by atoms with Crippen LogP contribution in [0.4, 0.5) is 0 Å². The fraction of sp³-hybridized carbons (Fsp3) is 0.133. The van der Waals surface area contributed by atoms with E-state index in [0.29, 0.717) is 11.3 Å². The van der Waals surface area contributed by atoms with E-state index in [9.17, 15) is 8.42 Å². The Morgan fingerprint density at radius 1 is 1.14 bits per heavy atom. The van der Waals surface area contributed by atoms with Crippen LogP contribution < -0.4 is 4.80 Å². The van der Waals surface area contributed by atoms with Gasteiger partial charge in [0, 0.05) is 11.0 Å². The maximum Gasteiger partial charge on any atom is 0.285 e. The highest BCUT2D eigenvalue weighted by atomic mass is 79.9. The Balaban J connectivity index is 2.29. The summed E-state index contributed by atoms with van der Waals surface area (Å²) in [5, 5.41) is 0. The number of hydrogen-bond donors (Lipinski definition) is 0. The summed E-state index contributed by atoms with van der Waals surface area (Å²) < 4.78 is 32.8. The zero-order valence-corrected chi connectivity index (χ0v) is 15.0. The molecule has 114 valence electrons. The number of sulfonamides is 1. The molecule has 3 rings (SSSR count). The van der Waals surface area contributed by atoms with Gasteiger partial charge in [-0.2, -0.15) is 8.42 Å². The van der Waals surface area contributed by atoms with Crippen molar-refractivity contribution in [3.63, 3.8) is 0 Å². The molecule has 3 aromatic rings. The molecule has 4 nitrogen and oxygen atoms in total. The van der Waals surface area contributed by atoms with Gasteiger partial charge in [-0.15, -0.1) is 4.40 Å². The van der Waals surface area contributed by atoms with Gasteiger partial charge in [0.1, 0.15) is 0 Å². The highest BCUT2D eigenvalue weighted by molar-refractivity contribution is 9.10. The van der Waals surface area contributed by atoms with Crippen LogP contribution in [0.3, 0.4) is 0 Å². The zero-order chi connectivity index (χ0) is 15.7. The summed E-state index contributed by atoms with van der Waals surface area (Å²) in [5.41, 5.74) is 0.969. The second kappa shape index (κ2) is 5.98. The van der Waals surface area contributed by atoms with E-state index in [0.717, 1.165) is 14.7 Å². The quantitative estimate of drug-likeness (QED) is 0.676. The summed E-state index contributed by atoms with van der Waals surface area (Å²) in [5.74, 6) is 0. The number of thiazole rings is 1. The van der Waals surface area contributed by atoms with Gasteiger partial charge in [-0.25, -0.2) is 0 Å². The first kappa shape index (κ1) is 15.5. The predicted molar refractivity (Wildman–Crippen MR) is 92.4 cm³/mol. The number of rotatable bonds is 3. The van der Waals surface area contributed by atoms with Crippen LogP contribution in [-0.2, 0) is 16.6 Å². The molecule has 0 aliphatic heterocycles. The summed E-state index contributed by atoms with van der Waals surface area (Å²) in [7, 11) is -3.71. The number of hydrogen-bond acceptors (Lipinski definition) is 3. The molecule has 22 heavy (non-hydrogen) atoms. The molecule has 0 spiro atoms. The first-order valence-corrected chi connectivity index (χ1v) is 9.72. The van der Waals surface area contributed by atoms with Gasteiger partial charge in [-0.05, 0) is 47.1 Å². The van der Waals surface area contributed by atoms with E-state index < -0.39 is 10.0 Å². The zero-order valence-electron chi connectivity index (χ0n) is 11.7. The third kappa shape index (κ3) is 2.76. The summed E-state index contributed by atoms with van der Waals surface area (Å²) >= 11 is 4.89. The van der Waals surface area contributed by atoms with E-state index in [1.54, 1.807) is 30.3 Å². The van der Waals surface area contributed by atoms with E-state index in [-0.39, 0.29) is 4.90 Å². The van der Waals surface area contributed by atoms with Crippen molar-refractivity contribution in [3.05, 3.63) is 57.8 Å². The van der Waals surface area contributed by atoms with Crippen LogP contribution in [0.5, 0.6) is 0 Å². The summed E-state index contributed by atoms with van der Waals surface area (Å²) in [4.78, 5) is 0.683. The highest BCUT2D eigenvalue weighted by Gasteiger charge is 2.14. The Bertz CT molecular complexity index is 989. The van der Waals surface area contributed by atoms with Crippen molar-refractivity contribution in [3.8, 4) is 0 Å². The maximum atomic E-state index is 12.4. The SMILES string of the molecule is CCn1c(=NS(=O)(=O)c2ccccc2)sc2cccc(Br)c21. The molecule has 2 aromatic carbocycles. The Morgan fingerprint density at radius 3 is 2.55 bits per heavy atom. The number of para-hydroxylation sites is 1. The van der Waals surface area contributed by atoms with Crippen molar-refractivity contribution < 1.29 is 8.42 Å². The lowest BCUT2D eigenvalue weighted by molar-refractivity contribution is 0.595. The van der Waals surface area contributed by atoms with Crippen LogP contribution in [0, 0.1) is 0 Å². The fourth-order valence-electron chi connectivity index (χ4n) is 2.20. The third-order valence-electron chi connectivity index (χ3n) is 3.21. The van der Waals surface area contributed by atoms with E-state index in [1.165, 1.54) is 11.3 Å². The normalized spacial score (nSPS) is 12.9. The van der Waals surface area contributed by atoms with Gasteiger partial charge in [0.2, 0.25) is 4.80 Å². The summed E-state index contributed by atoms with van der Waals surface area (Å²) in [6.45, 7) is 2.62. The van der Waals surface area contributed by atoms with Crippen molar-refractivity contribution in [2.24, 2.45) is 4.40 Å². The molecule has 0 aliphatic carbocycles. The average molecular weight is 397 g/mol. The van der Waals surface area contributed by atoms with Crippen LogP contribution >= 0.6 is 27.3 Å². The number of aryl methyl sites for hydroxylation is 1. The Kier molecular flexibility index (Phi) is 4.20. The largest absolute Gasteiger partial charge is 0.315 e. The lowest BCUT2D eigenvalue weighted by Gasteiger charge is -2.02. The smallest absolute Gasteiger partial charge is 0.285 e. The Hall–Kier alpha value is -1.44. The van der Waals surface area contributed by atoms with E-state index >= 15 is 0 Å². The lowest BCUT2D eigenvalue weighted by Crippen LogP contribution is -2.16. The molecular formula is C15H13BrN2O2S2. The molecular weight excluding hydrogens is 384 g/mol. The highest BCUT2D eigenvalue weighted by Crippen LogP contribution is 2.26. The lowest BCUT2D eigenvalue weighted by atomic mass is 10.3. The minimum absolute atomic E-state index is 0.203. The topological polar surface area (TPSA) is 51.4 Å². The number of halogens is 1. The van der Waals surface area contributed by atoms with Gasteiger partial charge < -0.3 is 4.57 Å². The van der Waals surface area contributed by atoms with E-state index in [2.05, 4.69) is 20.3 Å². The predicted octanol–water partition coefficient (Wildman–Crippen LogP) is 3.77. The molecule has 7 heteroatoms. The number of fused-ring (bicyclic) bond motifs is 1. The van der Waals surface area contributed by atoms with Crippen LogP contribution in [0.15, 0.2) is 62.3 Å². The second-order valence-corrected chi connectivity index (χ2v) is 8.06. The maximum absolute atomic E-state index is 12.4. The van der Waals surface area contributed by atoms with E-state index in [4.69, 9.17) is 0 Å². The molecule has 0 saturated heterocycles. The van der Waals surface area contributed by atoms with Crippen LogP contribution in [0.2, 0.25) is 0 Å². The van der Waals surface area contributed by atoms with Crippen molar-refractivity contribution in [1.29, 1.82) is 0 Å². The molecule has 0 fully saturated rings. The monoisotopic (exact) mass is 396 g/mol. The van der Waals surface area contributed by atoms with Crippen molar-refractivity contribution in [2.45, 2.75) is 18.4 Å². The van der Waals surface area contributed by atoms with Gasteiger partial charge in [-0.3, -0.25) is 0 Å². The van der Waals surface area contributed by atoms with Crippen molar-refractivity contribution >= 4 is 47.5 Å². The Labute approximate surface area is 140 Å². The Morgan fingerprint density at radius 2 is 1.86 bits per heavy atom. The molecule has 0 radical (unpaired) electrons. The van der Waals surface area contributed by atoms with Gasteiger partial charge >= 0.3 is 0 Å². The molecule has 0 atom stereocenters. The van der Waals surface area contributed by atoms with E-state index in [1.807, 2.05) is 29.7 Å². The van der Waals surface area contributed by atoms with Crippen LogP contribution in [-0.4, -0.2) is 13.0 Å². The third-order valence-corrected chi connectivity index (χ3v) is 6.29. The summed E-state index contributed by atoms with van der Waals surface area (Å²) in [6.07, 6.45) is 0. The van der Waals surface area contributed by atoms with Gasteiger partial charge in [0.25, 0.3) is 10.0 Å². The molecule has 1 heterocycles. The average Bonchev–Trinajstić information content (AvgIpc) is 2.86. The van der Waals surface area contributed by atoms with Crippen LogP contribution in [0.1, 0.15) is 6.92 Å². The minimum Gasteiger partial charge on any atom is -0.315 e. The molecule has 0 N–H and O–H groups in total.